The predicted octanol–water partition coefficient (Wildman–Crippen LogP) is 4.52. The molecule has 2 N–H and O–H groups in total. The molecule has 0 saturated carbocycles. The van der Waals surface area contributed by atoms with E-state index >= 15 is 0 Å². The highest BCUT2D eigenvalue weighted by Gasteiger charge is 2.25. The molecule has 3 aromatic carbocycles. The highest BCUT2D eigenvalue weighted by atomic mass is 16.2. The molecule has 0 saturated heterocycles. The van der Waals surface area contributed by atoms with Gasteiger partial charge in [0.1, 0.15) is 6.17 Å². The van der Waals surface area contributed by atoms with Crippen LogP contribution in [0.1, 0.15) is 27.7 Å². The Morgan fingerprint density at radius 2 is 1.54 bits per heavy atom. The quantitative estimate of drug-likeness (QED) is 0.730. The molecular formula is C21H18N2O. The van der Waals surface area contributed by atoms with Gasteiger partial charge in [0.25, 0.3) is 5.91 Å². The number of benzene rings is 3. The van der Waals surface area contributed by atoms with Crippen molar-refractivity contribution in [3.05, 3.63) is 89.5 Å². The van der Waals surface area contributed by atoms with Gasteiger partial charge in [0.2, 0.25) is 0 Å². The molecule has 0 spiro atoms. The molecule has 1 amide bonds. The van der Waals surface area contributed by atoms with E-state index in [2.05, 4.69) is 34.9 Å². The minimum atomic E-state index is -0.227. The minimum Gasteiger partial charge on any atom is -0.361 e. The van der Waals surface area contributed by atoms with Crippen molar-refractivity contribution >= 4 is 11.6 Å². The zero-order valence-electron chi connectivity index (χ0n) is 13.4. The number of carbonyl (C=O) groups excluding carboxylic acids is 1. The van der Waals surface area contributed by atoms with Crippen LogP contribution in [0.3, 0.4) is 0 Å². The number of carbonyl (C=O) groups is 1. The van der Waals surface area contributed by atoms with Gasteiger partial charge in [0.15, 0.2) is 0 Å². The van der Waals surface area contributed by atoms with E-state index < -0.39 is 0 Å². The first-order chi connectivity index (χ1) is 11.7. The fraction of sp³-hybridized carbons (Fsp3) is 0.0952. The van der Waals surface area contributed by atoms with Crippen molar-refractivity contribution in [2.24, 2.45) is 0 Å². The van der Waals surface area contributed by atoms with Crippen molar-refractivity contribution in [3.63, 3.8) is 0 Å². The molecule has 1 atom stereocenters. The van der Waals surface area contributed by atoms with Crippen molar-refractivity contribution in [2.75, 3.05) is 5.32 Å². The van der Waals surface area contributed by atoms with Gasteiger partial charge in [0, 0.05) is 0 Å². The van der Waals surface area contributed by atoms with E-state index in [9.17, 15) is 4.79 Å². The standard InChI is InChI=1S/C21H18N2O/c1-14-7-5-12-18-19(14)22-20(23-21(18)24)17-11-6-10-16(13-17)15-8-3-2-4-9-15/h2-13,20,22H,1H3,(H,23,24). The summed E-state index contributed by atoms with van der Waals surface area (Å²) in [6.07, 6.45) is -0.227. The van der Waals surface area contributed by atoms with Gasteiger partial charge >= 0.3 is 0 Å². The van der Waals surface area contributed by atoms with Crippen LogP contribution in [0.25, 0.3) is 11.1 Å². The molecule has 0 aliphatic carbocycles. The second kappa shape index (κ2) is 5.85. The third-order valence-electron chi connectivity index (χ3n) is 4.41. The Morgan fingerprint density at radius 3 is 2.38 bits per heavy atom. The molecule has 3 nitrogen and oxygen atoms in total. The minimum absolute atomic E-state index is 0.0393. The van der Waals surface area contributed by atoms with Crippen molar-refractivity contribution in [3.8, 4) is 11.1 Å². The number of rotatable bonds is 2. The normalized spacial score (nSPS) is 16.0. The first kappa shape index (κ1) is 14.5. The molecule has 24 heavy (non-hydrogen) atoms. The Bertz CT molecular complexity index is 903. The van der Waals surface area contributed by atoms with Crippen molar-refractivity contribution in [1.29, 1.82) is 0 Å². The van der Waals surface area contributed by atoms with Crippen molar-refractivity contribution in [2.45, 2.75) is 13.1 Å². The average Bonchev–Trinajstić information content (AvgIpc) is 2.63. The summed E-state index contributed by atoms with van der Waals surface area (Å²) in [5.74, 6) is -0.0393. The summed E-state index contributed by atoms with van der Waals surface area (Å²) in [4.78, 5) is 12.4. The zero-order chi connectivity index (χ0) is 16.5. The molecule has 1 heterocycles. The summed E-state index contributed by atoms with van der Waals surface area (Å²) in [5, 5.41) is 6.50. The Balaban J connectivity index is 1.71. The molecule has 0 aromatic heterocycles. The number of hydrogen-bond donors (Lipinski definition) is 2. The largest absolute Gasteiger partial charge is 0.361 e. The molecule has 1 unspecified atom stereocenters. The second-order valence-corrected chi connectivity index (χ2v) is 6.04. The van der Waals surface area contributed by atoms with Crippen LogP contribution in [0.15, 0.2) is 72.8 Å². The number of fused-ring (bicyclic) bond motifs is 1. The fourth-order valence-electron chi connectivity index (χ4n) is 3.13. The topological polar surface area (TPSA) is 41.1 Å². The lowest BCUT2D eigenvalue weighted by molar-refractivity contribution is 0.0935. The van der Waals surface area contributed by atoms with Gasteiger partial charge in [-0.05, 0) is 41.3 Å². The number of nitrogens with one attached hydrogen (secondary N) is 2. The number of amides is 1. The molecule has 0 fully saturated rings. The van der Waals surface area contributed by atoms with Gasteiger partial charge in [-0.2, -0.15) is 0 Å². The Kier molecular flexibility index (Phi) is 3.54. The Morgan fingerprint density at radius 1 is 0.792 bits per heavy atom. The van der Waals surface area contributed by atoms with Gasteiger partial charge in [-0.1, -0.05) is 60.7 Å². The number of aryl methyl sites for hydroxylation is 1. The smallest absolute Gasteiger partial charge is 0.255 e. The van der Waals surface area contributed by atoms with E-state index in [1.165, 1.54) is 0 Å². The summed E-state index contributed by atoms with van der Waals surface area (Å²) in [7, 11) is 0. The van der Waals surface area contributed by atoms with Crippen molar-refractivity contribution in [1.82, 2.24) is 5.32 Å². The summed E-state index contributed by atoms with van der Waals surface area (Å²) in [6.45, 7) is 2.02. The Hall–Kier alpha value is -3.07. The maximum atomic E-state index is 12.4. The summed E-state index contributed by atoms with van der Waals surface area (Å²) in [5.41, 5.74) is 6.03. The molecule has 1 aliphatic rings. The van der Waals surface area contributed by atoms with E-state index in [1.807, 2.05) is 55.5 Å². The first-order valence-corrected chi connectivity index (χ1v) is 8.05. The lowest BCUT2D eigenvalue weighted by Crippen LogP contribution is -2.38. The van der Waals surface area contributed by atoms with Crippen LogP contribution < -0.4 is 10.6 Å². The Labute approximate surface area is 141 Å². The van der Waals surface area contributed by atoms with E-state index in [1.54, 1.807) is 0 Å². The van der Waals surface area contributed by atoms with E-state index in [-0.39, 0.29) is 12.1 Å². The third-order valence-corrected chi connectivity index (χ3v) is 4.41. The number of hydrogen-bond acceptors (Lipinski definition) is 2. The van der Waals surface area contributed by atoms with Gasteiger partial charge in [0.05, 0.1) is 11.3 Å². The molecule has 1 aliphatic heterocycles. The molecule has 3 aromatic rings. The maximum Gasteiger partial charge on any atom is 0.255 e. The highest BCUT2D eigenvalue weighted by molar-refractivity contribution is 6.02. The van der Waals surface area contributed by atoms with Gasteiger partial charge < -0.3 is 10.6 Å². The van der Waals surface area contributed by atoms with Crippen molar-refractivity contribution < 1.29 is 4.79 Å². The lowest BCUT2D eigenvalue weighted by atomic mass is 9.99. The molecule has 0 radical (unpaired) electrons. The van der Waals surface area contributed by atoms with Crippen LogP contribution >= 0.6 is 0 Å². The predicted molar refractivity (Wildman–Crippen MR) is 96.9 cm³/mol. The summed E-state index contributed by atoms with van der Waals surface area (Å²) < 4.78 is 0. The zero-order valence-corrected chi connectivity index (χ0v) is 13.4. The average molecular weight is 314 g/mol. The van der Waals surface area contributed by atoms with Crippen LogP contribution in [-0.2, 0) is 0 Å². The highest BCUT2D eigenvalue weighted by Crippen LogP contribution is 2.30. The van der Waals surface area contributed by atoms with Gasteiger partial charge in [-0.3, -0.25) is 4.79 Å². The summed E-state index contributed by atoms with van der Waals surface area (Å²) in [6, 6.07) is 24.3. The molecule has 0 bridgehead atoms. The maximum absolute atomic E-state index is 12.4. The van der Waals surface area contributed by atoms with E-state index in [4.69, 9.17) is 0 Å². The summed E-state index contributed by atoms with van der Waals surface area (Å²) >= 11 is 0. The third kappa shape index (κ3) is 2.54. The van der Waals surface area contributed by atoms with E-state index in [0.29, 0.717) is 5.56 Å². The van der Waals surface area contributed by atoms with Crippen LogP contribution in [0.4, 0.5) is 5.69 Å². The number of anilines is 1. The van der Waals surface area contributed by atoms with Crippen LogP contribution in [0.5, 0.6) is 0 Å². The monoisotopic (exact) mass is 314 g/mol. The SMILES string of the molecule is Cc1cccc2c1NC(c1cccc(-c3ccccc3)c1)NC2=O. The molecule has 4 rings (SSSR count). The fourth-order valence-corrected chi connectivity index (χ4v) is 3.13. The molecule has 3 heteroatoms. The first-order valence-electron chi connectivity index (χ1n) is 8.05. The lowest BCUT2D eigenvalue weighted by Gasteiger charge is -2.29. The van der Waals surface area contributed by atoms with Crippen LogP contribution in [0.2, 0.25) is 0 Å². The van der Waals surface area contributed by atoms with E-state index in [0.717, 1.165) is 27.9 Å². The van der Waals surface area contributed by atoms with Crippen LogP contribution in [-0.4, -0.2) is 5.91 Å². The number of para-hydroxylation sites is 1. The molecular weight excluding hydrogens is 296 g/mol. The second-order valence-electron chi connectivity index (χ2n) is 6.04. The van der Waals surface area contributed by atoms with Gasteiger partial charge in [-0.15, -0.1) is 0 Å². The van der Waals surface area contributed by atoms with Crippen LogP contribution in [0, 0.1) is 6.92 Å². The van der Waals surface area contributed by atoms with Gasteiger partial charge in [-0.25, -0.2) is 0 Å². The molecule has 118 valence electrons.